The first-order chi connectivity index (χ1) is 21.5. The minimum Gasteiger partial charge on any atom is -0.394 e. The number of rotatable bonds is 9. The fraction of sp³-hybridized carbons (Fsp3) is 1.00. The van der Waals surface area contributed by atoms with Crippen molar-refractivity contribution in [2.24, 2.45) is 5.92 Å². The van der Waals surface area contributed by atoms with E-state index in [0.717, 1.165) is 0 Å². The summed E-state index contributed by atoms with van der Waals surface area (Å²) in [7, 11) is 0. The molecule has 4 heterocycles. The van der Waals surface area contributed by atoms with Crippen molar-refractivity contribution in [1.29, 1.82) is 0 Å². The lowest BCUT2D eigenvalue weighted by molar-refractivity contribution is -0.312. The van der Waals surface area contributed by atoms with Gasteiger partial charge in [0.25, 0.3) is 0 Å². The zero-order valence-corrected chi connectivity index (χ0v) is 25.1. The van der Waals surface area contributed by atoms with Crippen LogP contribution in [-0.2, 0) is 28.4 Å². The zero-order valence-electron chi connectivity index (χ0n) is 25.1. The molecule has 0 radical (unpaired) electrons. The quantitative estimate of drug-likeness (QED) is 0.107. The van der Waals surface area contributed by atoms with Crippen molar-refractivity contribution in [2.75, 3.05) is 33.0 Å². The Morgan fingerprint density at radius 1 is 0.522 bits per heavy atom. The summed E-state index contributed by atoms with van der Waals surface area (Å²) in [5.41, 5.74) is 0. The van der Waals surface area contributed by atoms with Crippen molar-refractivity contribution >= 4 is 0 Å². The Balaban J connectivity index is 0.000000250. The summed E-state index contributed by atoms with van der Waals surface area (Å²) in [4.78, 5) is 0. The van der Waals surface area contributed by atoms with Gasteiger partial charge in [0, 0.05) is 5.92 Å². The van der Waals surface area contributed by atoms with E-state index < -0.39 is 130 Å². The molecule has 0 aromatic heterocycles. The third kappa shape index (κ3) is 8.49. The van der Waals surface area contributed by atoms with Crippen LogP contribution in [0.25, 0.3) is 0 Å². The summed E-state index contributed by atoms with van der Waals surface area (Å²) in [6.07, 6.45) is -22.1. The molecule has 4 aliphatic rings. The van der Waals surface area contributed by atoms with Gasteiger partial charge in [-0.3, -0.25) is 0 Å². The molecule has 0 amide bonds. The summed E-state index contributed by atoms with van der Waals surface area (Å²) >= 11 is 0. The molecule has 272 valence electrons. The minimum atomic E-state index is -2.34. The molecule has 14 N–H and O–H groups in total. The third-order valence-electron chi connectivity index (χ3n) is 8.69. The van der Waals surface area contributed by atoms with E-state index in [1.54, 1.807) is 13.8 Å². The van der Waals surface area contributed by atoms with Gasteiger partial charge in [-0.25, -0.2) is 0 Å². The summed E-state index contributed by atoms with van der Waals surface area (Å²) in [6, 6.07) is 0. The van der Waals surface area contributed by atoms with Crippen LogP contribution in [-0.4, -0.2) is 214 Å². The fourth-order valence-electron chi connectivity index (χ4n) is 5.35. The SMILES string of the molecule is C[C@@H]1OC(CO[C@H]2OC(CO)[C@@H](O)C(O)[C@@H]2O)[C@@H](O)C(O)[C@@H]1C.OCC1O[C@H](OC[C@H]2O[C@@](O)(CO)C(O)[C@H]2O)C(O)[C@@H](O)[C@@H]1O. The number of aliphatic hydroxyl groups is 14. The highest BCUT2D eigenvalue weighted by Gasteiger charge is 2.54. The highest BCUT2D eigenvalue weighted by Crippen LogP contribution is 2.31. The predicted octanol–water partition coefficient (Wildman–Crippen LogP) is -8.45. The van der Waals surface area contributed by atoms with Crippen molar-refractivity contribution in [1.82, 2.24) is 0 Å². The second-order valence-corrected chi connectivity index (χ2v) is 11.9. The zero-order chi connectivity index (χ0) is 34.7. The average molecular weight is 681 g/mol. The molecule has 19 atom stereocenters. The number of hydrogen-bond donors (Lipinski definition) is 14. The Labute approximate surface area is 263 Å². The Morgan fingerprint density at radius 3 is 1.37 bits per heavy atom. The lowest BCUT2D eigenvalue weighted by Gasteiger charge is -2.42. The molecule has 0 spiro atoms. The Kier molecular flexibility index (Phi) is 14.4. The average Bonchev–Trinajstić information content (AvgIpc) is 3.27. The summed E-state index contributed by atoms with van der Waals surface area (Å²) in [6.45, 7) is 0.716. The molecule has 0 aromatic carbocycles. The molecule has 0 bridgehead atoms. The highest BCUT2D eigenvalue weighted by molar-refractivity contribution is 4.96. The summed E-state index contributed by atoms with van der Waals surface area (Å²) in [5, 5.41) is 134. The van der Waals surface area contributed by atoms with Crippen LogP contribution in [0.5, 0.6) is 0 Å². The first-order valence-corrected chi connectivity index (χ1v) is 14.8. The number of ether oxygens (including phenoxy) is 6. The number of aliphatic hydroxyl groups excluding tert-OH is 13. The van der Waals surface area contributed by atoms with Crippen molar-refractivity contribution in [3.8, 4) is 0 Å². The molecule has 20 nitrogen and oxygen atoms in total. The monoisotopic (exact) mass is 680 g/mol. The van der Waals surface area contributed by atoms with E-state index in [-0.39, 0.29) is 18.6 Å². The van der Waals surface area contributed by atoms with Crippen LogP contribution in [0, 0.1) is 5.92 Å². The molecular formula is C26H48O20. The smallest absolute Gasteiger partial charge is 0.219 e. The molecule has 4 saturated heterocycles. The van der Waals surface area contributed by atoms with Crippen LogP contribution in [0.3, 0.4) is 0 Å². The lowest BCUT2D eigenvalue weighted by atomic mass is 9.89. The standard InChI is InChI=1S/C14H26O9.C12H22O11/c1-5-6(2)22-8(11(18)9(5)16)4-21-14-13(20)12(19)10(17)7(3-15)23-14;13-1-4-6(15)8(17)9(18)11(22-4)21-2-5-7(16)10(19)12(20,3-14)23-5/h5-20H,3-4H2,1-2H3;4-11,13-20H,1-3H2/t5-,6+,7?,8?,9?,10-,11-,12?,13+,14+;4?,5-,6-,7+,8+,9?,10?,11+,12+/m11/s1. The van der Waals surface area contributed by atoms with Gasteiger partial charge in [0.1, 0.15) is 79.4 Å². The molecule has 4 rings (SSSR count). The Hall–Kier alpha value is -0.800. The van der Waals surface area contributed by atoms with Gasteiger partial charge in [0.15, 0.2) is 12.6 Å². The van der Waals surface area contributed by atoms with E-state index in [2.05, 4.69) is 0 Å². The molecule has 7 unspecified atom stereocenters. The van der Waals surface area contributed by atoms with E-state index in [1.165, 1.54) is 0 Å². The van der Waals surface area contributed by atoms with E-state index in [4.69, 9.17) is 43.7 Å². The molecule has 0 aliphatic carbocycles. The van der Waals surface area contributed by atoms with Crippen LogP contribution < -0.4 is 0 Å². The van der Waals surface area contributed by atoms with E-state index in [9.17, 15) is 56.2 Å². The molecule has 46 heavy (non-hydrogen) atoms. The van der Waals surface area contributed by atoms with Crippen molar-refractivity contribution in [3.05, 3.63) is 0 Å². The van der Waals surface area contributed by atoms with Gasteiger partial charge in [-0.05, 0) is 6.92 Å². The normalized spacial score (nSPS) is 51.4. The predicted molar refractivity (Wildman–Crippen MR) is 144 cm³/mol. The topological polar surface area (TPSA) is 339 Å². The van der Waals surface area contributed by atoms with Crippen LogP contribution in [0.2, 0.25) is 0 Å². The first kappa shape index (κ1) is 39.6. The van der Waals surface area contributed by atoms with E-state index >= 15 is 0 Å². The molecule has 4 fully saturated rings. The minimum absolute atomic E-state index is 0.196. The molecular weight excluding hydrogens is 632 g/mol. The largest absolute Gasteiger partial charge is 0.394 e. The van der Waals surface area contributed by atoms with Crippen molar-refractivity contribution in [3.63, 3.8) is 0 Å². The maximum Gasteiger partial charge on any atom is 0.219 e. The number of hydrogen-bond acceptors (Lipinski definition) is 20. The molecule has 0 saturated carbocycles. The lowest BCUT2D eigenvalue weighted by Crippen LogP contribution is -2.60. The second-order valence-electron chi connectivity index (χ2n) is 11.9. The van der Waals surface area contributed by atoms with Gasteiger partial charge in [-0.15, -0.1) is 0 Å². The molecule has 4 aliphatic heterocycles. The van der Waals surface area contributed by atoms with E-state index in [0.29, 0.717) is 0 Å². The van der Waals surface area contributed by atoms with E-state index in [1.807, 2.05) is 0 Å². The maximum absolute atomic E-state index is 10.0. The van der Waals surface area contributed by atoms with Crippen LogP contribution >= 0.6 is 0 Å². The van der Waals surface area contributed by atoms with Crippen molar-refractivity contribution in [2.45, 2.75) is 124 Å². The van der Waals surface area contributed by atoms with Gasteiger partial charge in [0.05, 0.1) is 45.2 Å². The van der Waals surface area contributed by atoms with Crippen LogP contribution in [0.15, 0.2) is 0 Å². The highest BCUT2D eigenvalue weighted by atomic mass is 16.7. The van der Waals surface area contributed by atoms with Gasteiger partial charge in [0.2, 0.25) is 5.79 Å². The Bertz CT molecular complexity index is 873. The second kappa shape index (κ2) is 16.7. The fourth-order valence-corrected chi connectivity index (χ4v) is 5.35. The third-order valence-corrected chi connectivity index (χ3v) is 8.69. The molecule has 0 aromatic rings. The van der Waals surface area contributed by atoms with Gasteiger partial charge in [-0.2, -0.15) is 0 Å². The van der Waals surface area contributed by atoms with Gasteiger partial charge >= 0.3 is 0 Å². The first-order valence-electron chi connectivity index (χ1n) is 14.8. The summed E-state index contributed by atoms with van der Waals surface area (Å²) in [5.74, 6) is -2.59. The maximum atomic E-state index is 10.0. The summed E-state index contributed by atoms with van der Waals surface area (Å²) < 4.78 is 31.3. The van der Waals surface area contributed by atoms with Gasteiger partial charge in [-0.1, -0.05) is 6.92 Å². The Morgan fingerprint density at radius 2 is 0.957 bits per heavy atom. The van der Waals surface area contributed by atoms with Crippen molar-refractivity contribution < 1.29 is 99.9 Å². The van der Waals surface area contributed by atoms with Crippen LogP contribution in [0.4, 0.5) is 0 Å². The van der Waals surface area contributed by atoms with Crippen LogP contribution in [0.1, 0.15) is 13.8 Å². The molecule has 20 heteroatoms. The van der Waals surface area contributed by atoms with Gasteiger partial charge < -0.3 is 99.9 Å².